The Morgan fingerprint density at radius 1 is 1.41 bits per heavy atom. The van der Waals surface area contributed by atoms with Crippen LogP contribution in [0.25, 0.3) is 0 Å². The Labute approximate surface area is 98.6 Å². The largest absolute Gasteiger partial charge is 0.507 e. The van der Waals surface area contributed by atoms with Crippen LogP contribution in [0.3, 0.4) is 0 Å². The van der Waals surface area contributed by atoms with Crippen molar-refractivity contribution in [1.29, 1.82) is 0 Å². The molecule has 0 bridgehead atoms. The second-order valence-corrected chi connectivity index (χ2v) is 3.79. The number of hydrogen-bond acceptors (Lipinski definition) is 4. The molecule has 1 unspecified atom stereocenters. The van der Waals surface area contributed by atoms with Crippen molar-refractivity contribution in [3.63, 3.8) is 0 Å². The van der Waals surface area contributed by atoms with E-state index in [0.29, 0.717) is 12.0 Å². The molecule has 5 nitrogen and oxygen atoms in total. The number of carboxylic acid groups (broad SMARTS) is 1. The second kappa shape index (κ2) is 5.34. The number of esters is 1. The molecule has 0 saturated carbocycles. The smallest absolute Gasteiger partial charge is 0.341 e. The van der Waals surface area contributed by atoms with Gasteiger partial charge in [0.1, 0.15) is 11.3 Å². The quantitative estimate of drug-likeness (QED) is 0.775. The van der Waals surface area contributed by atoms with Gasteiger partial charge in [-0.15, -0.1) is 0 Å². The van der Waals surface area contributed by atoms with Crippen LogP contribution >= 0.6 is 0 Å². The van der Waals surface area contributed by atoms with E-state index in [0.717, 1.165) is 0 Å². The summed E-state index contributed by atoms with van der Waals surface area (Å²) in [6.07, 6.45) is 0.291. The third-order valence-electron chi connectivity index (χ3n) is 2.43. The van der Waals surface area contributed by atoms with E-state index < -0.39 is 17.9 Å². The molecule has 5 heteroatoms. The molecule has 0 aliphatic carbocycles. The minimum absolute atomic E-state index is 0.0441. The summed E-state index contributed by atoms with van der Waals surface area (Å²) in [5.41, 5.74) is 0.709. The zero-order chi connectivity index (χ0) is 13.0. The van der Waals surface area contributed by atoms with E-state index >= 15 is 0 Å². The second-order valence-electron chi connectivity index (χ2n) is 3.79. The van der Waals surface area contributed by atoms with Crippen LogP contribution < -0.4 is 0 Å². The maximum absolute atomic E-state index is 11.3. The van der Waals surface area contributed by atoms with Gasteiger partial charge in [-0.2, -0.15) is 0 Å². The van der Waals surface area contributed by atoms with Crippen LogP contribution in [0.15, 0.2) is 18.2 Å². The van der Waals surface area contributed by atoms with Gasteiger partial charge in [0.15, 0.2) is 0 Å². The first-order valence-electron chi connectivity index (χ1n) is 5.08. The molecule has 0 amide bonds. The molecule has 0 aromatic heterocycles. The van der Waals surface area contributed by atoms with Gasteiger partial charge in [0.05, 0.1) is 13.0 Å². The van der Waals surface area contributed by atoms with E-state index in [1.807, 2.05) is 0 Å². The fraction of sp³-hybridized carbons (Fsp3) is 0.333. The van der Waals surface area contributed by atoms with Crippen LogP contribution in [0.5, 0.6) is 5.75 Å². The molecule has 0 aliphatic heterocycles. The highest BCUT2D eigenvalue weighted by molar-refractivity contribution is 5.92. The molecular formula is C12H14O5. The van der Waals surface area contributed by atoms with Gasteiger partial charge < -0.3 is 14.9 Å². The van der Waals surface area contributed by atoms with E-state index in [4.69, 9.17) is 5.11 Å². The van der Waals surface area contributed by atoms with E-state index in [1.165, 1.54) is 19.2 Å². The molecule has 0 radical (unpaired) electrons. The predicted molar refractivity (Wildman–Crippen MR) is 60.0 cm³/mol. The summed E-state index contributed by atoms with van der Waals surface area (Å²) >= 11 is 0. The van der Waals surface area contributed by atoms with Gasteiger partial charge in [-0.3, -0.25) is 4.79 Å². The summed E-state index contributed by atoms with van der Waals surface area (Å²) in [6.45, 7) is 1.58. The van der Waals surface area contributed by atoms with Gasteiger partial charge in [-0.25, -0.2) is 4.79 Å². The number of carbonyl (C=O) groups is 2. The third-order valence-corrected chi connectivity index (χ3v) is 2.43. The van der Waals surface area contributed by atoms with Crippen molar-refractivity contribution in [3.8, 4) is 5.75 Å². The van der Waals surface area contributed by atoms with E-state index in [2.05, 4.69) is 4.74 Å². The number of rotatable bonds is 4. The highest BCUT2D eigenvalue weighted by atomic mass is 16.5. The summed E-state index contributed by atoms with van der Waals surface area (Å²) < 4.78 is 4.51. The molecule has 1 aromatic rings. The van der Waals surface area contributed by atoms with Crippen LogP contribution in [0.4, 0.5) is 0 Å². The zero-order valence-electron chi connectivity index (χ0n) is 9.64. The van der Waals surface area contributed by atoms with Gasteiger partial charge in [-0.05, 0) is 24.1 Å². The molecule has 0 heterocycles. The van der Waals surface area contributed by atoms with Crippen molar-refractivity contribution < 1.29 is 24.5 Å². The van der Waals surface area contributed by atoms with Gasteiger partial charge in [0, 0.05) is 0 Å². The average Bonchev–Trinajstić information content (AvgIpc) is 2.30. The minimum Gasteiger partial charge on any atom is -0.507 e. The molecule has 0 aliphatic rings. The number of phenolic OH excluding ortho intramolecular Hbond substituents is 1. The molecule has 0 saturated heterocycles. The number of phenols is 1. The van der Waals surface area contributed by atoms with Crippen LogP contribution in [0, 0.1) is 5.92 Å². The Balaban J connectivity index is 2.96. The van der Waals surface area contributed by atoms with Gasteiger partial charge in [-0.1, -0.05) is 13.0 Å². The molecule has 1 aromatic carbocycles. The Morgan fingerprint density at radius 3 is 2.59 bits per heavy atom. The summed E-state index contributed by atoms with van der Waals surface area (Å²) in [7, 11) is 1.22. The van der Waals surface area contributed by atoms with Gasteiger partial charge >= 0.3 is 11.9 Å². The summed E-state index contributed by atoms with van der Waals surface area (Å²) in [4.78, 5) is 22.0. The minimum atomic E-state index is -0.905. The molecule has 1 atom stereocenters. The number of benzene rings is 1. The lowest BCUT2D eigenvalue weighted by atomic mass is 9.99. The van der Waals surface area contributed by atoms with Crippen molar-refractivity contribution in [1.82, 2.24) is 0 Å². The van der Waals surface area contributed by atoms with Crippen molar-refractivity contribution in [3.05, 3.63) is 29.3 Å². The molecule has 17 heavy (non-hydrogen) atoms. The average molecular weight is 238 g/mol. The van der Waals surface area contributed by atoms with Crippen LogP contribution in [-0.4, -0.2) is 29.3 Å². The molecule has 92 valence electrons. The molecule has 0 fully saturated rings. The summed E-state index contributed by atoms with van der Waals surface area (Å²) in [5, 5.41) is 18.2. The lowest BCUT2D eigenvalue weighted by Gasteiger charge is -2.08. The highest BCUT2D eigenvalue weighted by Gasteiger charge is 2.15. The monoisotopic (exact) mass is 238 g/mol. The maximum Gasteiger partial charge on any atom is 0.341 e. The zero-order valence-corrected chi connectivity index (χ0v) is 9.64. The van der Waals surface area contributed by atoms with Gasteiger partial charge in [0.25, 0.3) is 0 Å². The summed E-state index contributed by atoms with van der Waals surface area (Å²) in [6, 6.07) is 4.39. The topological polar surface area (TPSA) is 83.8 Å². The lowest BCUT2D eigenvalue weighted by molar-refractivity contribution is -0.141. The van der Waals surface area contributed by atoms with E-state index in [1.54, 1.807) is 13.0 Å². The maximum atomic E-state index is 11.3. The highest BCUT2D eigenvalue weighted by Crippen LogP contribution is 2.21. The van der Waals surface area contributed by atoms with Crippen LogP contribution in [0.2, 0.25) is 0 Å². The van der Waals surface area contributed by atoms with E-state index in [-0.39, 0.29) is 11.3 Å². The fourth-order valence-corrected chi connectivity index (χ4v) is 1.42. The first-order chi connectivity index (χ1) is 7.95. The van der Waals surface area contributed by atoms with Crippen molar-refractivity contribution in [2.45, 2.75) is 13.3 Å². The Kier molecular flexibility index (Phi) is 4.09. The normalized spacial score (nSPS) is 11.9. The van der Waals surface area contributed by atoms with E-state index in [9.17, 15) is 14.7 Å². The van der Waals surface area contributed by atoms with Gasteiger partial charge in [0.2, 0.25) is 0 Å². The Morgan fingerprint density at radius 2 is 2.06 bits per heavy atom. The van der Waals surface area contributed by atoms with Crippen molar-refractivity contribution in [2.24, 2.45) is 5.92 Å². The number of carboxylic acids is 1. The fourth-order valence-electron chi connectivity index (χ4n) is 1.42. The SMILES string of the molecule is COC(=O)c1cc(CC(C)C(=O)O)ccc1O. The number of carbonyl (C=O) groups excluding carboxylic acids is 1. The van der Waals surface area contributed by atoms with Crippen molar-refractivity contribution in [2.75, 3.05) is 7.11 Å². The molecule has 2 N–H and O–H groups in total. The first kappa shape index (κ1) is 13.0. The summed E-state index contributed by atoms with van der Waals surface area (Å²) in [5.74, 6) is -2.28. The van der Waals surface area contributed by atoms with Crippen LogP contribution in [-0.2, 0) is 16.0 Å². The number of hydrogen-bond donors (Lipinski definition) is 2. The predicted octanol–water partition coefficient (Wildman–Crippen LogP) is 1.44. The van der Waals surface area contributed by atoms with Crippen LogP contribution in [0.1, 0.15) is 22.8 Å². The number of aromatic hydroxyl groups is 1. The first-order valence-corrected chi connectivity index (χ1v) is 5.08. The molecule has 0 spiro atoms. The molecular weight excluding hydrogens is 224 g/mol. The standard InChI is InChI=1S/C12H14O5/c1-7(11(14)15)5-8-3-4-10(13)9(6-8)12(16)17-2/h3-4,6-7,13H,5H2,1-2H3,(H,14,15). The third kappa shape index (κ3) is 3.21. The Hall–Kier alpha value is -2.04. The number of ether oxygens (including phenoxy) is 1. The number of methoxy groups -OCH3 is 1. The molecule has 1 rings (SSSR count). The Bertz CT molecular complexity index is 439. The van der Waals surface area contributed by atoms with Crippen molar-refractivity contribution >= 4 is 11.9 Å². The number of aliphatic carboxylic acids is 1. The lowest BCUT2D eigenvalue weighted by Crippen LogP contribution is -2.12.